The topological polar surface area (TPSA) is 60.0 Å². The quantitative estimate of drug-likeness (QED) is 0.423. The number of hydrogen-bond acceptors (Lipinski definition) is 5. The largest absolute Gasteiger partial charge is 0.393 e. The molecule has 0 amide bonds. The normalized spacial score (nSPS) is 12.8. The first-order valence-corrected chi connectivity index (χ1v) is 7.93. The average molecular weight is 291 g/mol. The maximum atomic E-state index is 9.35. The zero-order valence-corrected chi connectivity index (χ0v) is 13.2. The number of aliphatic hydroxyl groups is 1. The van der Waals surface area contributed by atoms with Crippen LogP contribution in [-0.2, 0) is 14.2 Å². The summed E-state index contributed by atoms with van der Waals surface area (Å²) in [5.74, 6) is 0. The first-order chi connectivity index (χ1) is 9.81. The van der Waals surface area contributed by atoms with Crippen LogP contribution in [0.5, 0.6) is 0 Å². The van der Waals surface area contributed by atoms with E-state index in [1.165, 1.54) is 6.42 Å². The van der Waals surface area contributed by atoms with Crippen LogP contribution in [0.25, 0.3) is 0 Å². The van der Waals surface area contributed by atoms with Gasteiger partial charge in [-0.15, -0.1) is 0 Å². The molecule has 0 aliphatic heterocycles. The van der Waals surface area contributed by atoms with Crippen LogP contribution in [0.2, 0.25) is 0 Å². The lowest BCUT2D eigenvalue weighted by Gasteiger charge is -2.09. The fraction of sp³-hybridized carbons (Fsp3) is 1.00. The van der Waals surface area contributed by atoms with E-state index >= 15 is 0 Å². The highest BCUT2D eigenvalue weighted by atomic mass is 16.5. The molecule has 122 valence electrons. The van der Waals surface area contributed by atoms with E-state index in [2.05, 4.69) is 12.2 Å². The summed E-state index contributed by atoms with van der Waals surface area (Å²) in [6.45, 7) is 9.84. The SMILES string of the molecule is CCCCOCCOCCOCCNCCC(O)CC. The van der Waals surface area contributed by atoms with Crippen molar-refractivity contribution in [3.05, 3.63) is 0 Å². The minimum absolute atomic E-state index is 0.184. The molecule has 0 saturated heterocycles. The fourth-order valence-corrected chi connectivity index (χ4v) is 1.53. The fourth-order valence-electron chi connectivity index (χ4n) is 1.53. The Morgan fingerprint density at radius 1 is 0.850 bits per heavy atom. The Morgan fingerprint density at radius 2 is 1.45 bits per heavy atom. The van der Waals surface area contributed by atoms with Gasteiger partial charge in [-0.3, -0.25) is 0 Å². The van der Waals surface area contributed by atoms with Crippen molar-refractivity contribution in [2.24, 2.45) is 0 Å². The highest BCUT2D eigenvalue weighted by Crippen LogP contribution is 1.93. The Labute approximate surface area is 124 Å². The lowest BCUT2D eigenvalue weighted by atomic mass is 10.2. The van der Waals surface area contributed by atoms with Gasteiger partial charge in [-0.2, -0.15) is 0 Å². The maximum absolute atomic E-state index is 9.35. The number of unbranched alkanes of at least 4 members (excludes halogenated alkanes) is 1. The van der Waals surface area contributed by atoms with Gasteiger partial charge in [0, 0.05) is 13.2 Å². The number of aliphatic hydroxyl groups excluding tert-OH is 1. The van der Waals surface area contributed by atoms with E-state index in [1.807, 2.05) is 6.92 Å². The molecule has 0 radical (unpaired) electrons. The molecule has 0 aromatic carbocycles. The third-order valence-electron chi connectivity index (χ3n) is 2.94. The molecular weight excluding hydrogens is 258 g/mol. The molecule has 5 nitrogen and oxygen atoms in total. The standard InChI is InChI=1S/C15H33NO4/c1-3-5-9-18-11-13-20-14-12-19-10-8-16-7-6-15(17)4-2/h15-17H,3-14H2,1-2H3. The van der Waals surface area contributed by atoms with Crippen LogP contribution in [0.1, 0.15) is 39.5 Å². The minimum Gasteiger partial charge on any atom is -0.393 e. The molecule has 5 heteroatoms. The monoisotopic (exact) mass is 291 g/mol. The zero-order chi connectivity index (χ0) is 14.9. The van der Waals surface area contributed by atoms with Crippen LogP contribution in [-0.4, -0.2) is 63.9 Å². The smallest absolute Gasteiger partial charge is 0.0701 e. The summed E-state index contributed by atoms with van der Waals surface area (Å²) in [5.41, 5.74) is 0. The molecule has 0 aromatic rings. The molecule has 2 N–H and O–H groups in total. The third kappa shape index (κ3) is 15.9. The van der Waals surface area contributed by atoms with Crippen molar-refractivity contribution in [1.29, 1.82) is 0 Å². The minimum atomic E-state index is -0.184. The molecular formula is C15H33NO4. The molecule has 0 saturated carbocycles. The predicted molar refractivity (Wildman–Crippen MR) is 81.1 cm³/mol. The number of rotatable bonds is 16. The van der Waals surface area contributed by atoms with Crippen LogP contribution in [0, 0.1) is 0 Å². The predicted octanol–water partition coefficient (Wildman–Crippen LogP) is 1.59. The maximum Gasteiger partial charge on any atom is 0.0701 e. The highest BCUT2D eigenvalue weighted by molar-refractivity contribution is 4.55. The molecule has 1 atom stereocenters. The molecule has 0 bridgehead atoms. The van der Waals surface area contributed by atoms with E-state index in [0.29, 0.717) is 33.0 Å². The Kier molecular flexibility index (Phi) is 16.7. The molecule has 0 aromatic heterocycles. The van der Waals surface area contributed by atoms with Crippen LogP contribution in [0.15, 0.2) is 0 Å². The van der Waals surface area contributed by atoms with E-state index in [0.717, 1.165) is 39.0 Å². The van der Waals surface area contributed by atoms with E-state index in [4.69, 9.17) is 14.2 Å². The van der Waals surface area contributed by atoms with Crippen molar-refractivity contribution >= 4 is 0 Å². The second kappa shape index (κ2) is 16.9. The first kappa shape index (κ1) is 19.8. The first-order valence-electron chi connectivity index (χ1n) is 7.93. The van der Waals surface area contributed by atoms with Gasteiger partial charge in [0.25, 0.3) is 0 Å². The van der Waals surface area contributed by atoms with Crippen LogP contribution in [0.4, 0.5) is 0 Å². The van der Waals surface area contributed by atoms with E-state index in [-0.39, 0.29) is 6.10 Å². The Morgan fingerprint density at radius 3 is 2.05 bits per heavy atom. The van der Waals surface area contributed by atoms with Crippen LogP contribution in [0.3, 0.4) is 0 Å². The Balaban J connectivity index is 2.96. The molecule has 0 aliphatic rings. The van der Waals surface area contributed by atoms with Crippen molar-refractivity contribution in [3.63, 3.8) is 0 Å². The van der Waals surface area contributed by atoms with Gasteiger partial charge in [0.05, 0.1) is 39.1 Å². The van der Waals surface area contributed by atoms with Gasteiger partial charge in [0.2, 0.25) is 0 Å². The van der Waals surface area contributed by atoms with Gasteiger partial charge in [0.15, 0.2) is 0 Å². The Bertz CT molecular complexity index is 181. The number of ether oxygens (including phenoxy) is 3. The van der Waals surface area contributed by atoms with E-state index in [1.54, 1.807) is 0 Å². The summed E-state index contributed by atoms with van der Waals surface area (Å²) in [6.07, 6.45) is 3.72. The molecule has 0 spiro atoms. The van der Waals surface area contributed by atoms with Crippen LogP contribution < -0.4 is 5.32 Å². The van der Waals surface area contributed by atoms with Crippen molar-refractivity contribution in [1.82, 2.24) is 5.32 Å². The summed E-state index contributed by atoms with van der Waals surface area (Å²) >= 11 is 0. The van der Waals surface area contributed by atoms with Gasteiger partial charge >= 0.3 is 0 Å². The zero-order valence-electron chi connectivity index (χ0n) is 13.2. The summed E-state index contributed by atoms with van der Waals surface area (Å²) in [6, 6.07) is 0. The van der Waals surface area contributed by atoms with Crippen molar-refractivity contribution in [3.8, 4) is 0 Å². The van der Waals surface area contributed by atoms with Gasteiger partial charge in [0.1, 0.15) is 0 Å². The average Bonchev–Trinajstić information content (AvgIpc) is 2.47. The van der Waals surface area contributed by atoms with Crippen molar-refractivity contribution in [2.45, 2.75) is 45.6 Å². The Hall–Kier alpha value is -0.200. The summed E-state index contributed by atoms with van der Waals surface area (Å²) in [7, 11) is 0. The van der Waals surface area contributed by atoms with Crippen molar-refractivity contribution < 1.29 is 19.3 Å². The lowest BCUT2D eigenvalue weighted by Crippen LogP contribution is -2.24. The van der Waals surface area contributed by atoms with Crippen LogP contribution >= 0.6 is 0 Å². The second-order valence-corrected chi connectivity index (χ2v) is 4.79. The summed E-state index contributed by atoms with van der Waals surface area (Å²) in [5, 5.41) is 12.6. The second-order valence-electron chi connectivity index (χ2n) is 4.79. The third-order valence-corrected chi connectivity index (χ3v) is 2.94. The van der Waals surface area contributed by atoms with E-state index in [9.17, 15) is 5.11 Å². The molecule has 20 heavy (non-hydrogen) atoms. The van der Waals surface area contributed by atoms with Gasteiger partial charge in [-0.05, 0) is 25.8 Å². The lowest BCUT2D eigenvalue weighted by molar-refractivity contribution is 0.0146. The summed E-state index contributed by atoms with van der Waals surface area (Å²) < 4.78 is 16.2. The molecule has 0 heterocycles. The summed E-state index contributed by atoms with van der Waals surface area (Å²) in [4.78, 5) is 0. The van der Waals surface area contributed by atoms with E-state index < -0.39 is 0 Å². The van der Waals surface area contributed by atoms with Gasteiger partial charge < -0.3 is 24.6 Å². The van der Waals surface area contributed by atoms with Gasteiger partial charge in [-0.25, -0.2) is 0 Å². The van der Waals surface area contributed by atoms with Gasteiger partial charge in [-0.1, -0.05) is 20.3 Å². The number of nitrogens with one attached hydrogen (secondary N) is 1. The number of hydrogen-bond donors (Lipinski definition) is 2. The molecule has 0 fully saturated rings. The highest BCUT2D eigenvalue weighted by Gasteiger charge is 1.98. The molecule has 1 unspecified atom stereocenters. The molecule has 0 rings (SSSR count). The van der Waals surface area contributed by atoms with Crippen molar-refractivity contribution in [2.75, 3.05) is 52.7 Å². The molecule has 0 aliphatic carbocycles.